The number of nitrogens with zero attached hydrogens (tertiary/aromatic N) is 1. The molecule has 0 radical (unpaired) electrons. The van der Waals surface area contributed by atoms with Crippen molar-refractivity contribution in [3.63, 3.8) is 0 Å². The van der Waals surface area contributed by atoms with Gasteiger partial charge < -0.3 is 10.1 Å². The molecule has 3 aromatic carbocycles. The molecule has 3 aromatic rings. The van der Waals surface area contributed by atoms with E-state index in [-0.39, 0.29) is 33.8 Å². The molecule has 35 heavy (non-hydrogen) atoms. The normalized spacial score (nSPS) is 11.2. The molecule has 0 spiro atoms. The molecular weight excluding hydrogens is 507 g/mol. The average molecular weight is 535 g/mol. The van der Waals surface area contributed by atoms with Crippen molar-refractivity contribution in [3.05, 3.63) is 87.9 Å². The number of carbonyl (C=O) groups is 1. The van der Waals surface area contributed by atoms with Gasteiger partial charge in [0.05, 0.1) is 17.1 Å². The van der Waals surface area contributed by atoms with Gasteiger partial charge in [-0.05, 0) is 61.4 Å². The second-order valence-electron chi connectivity index (χ2n) is 8.04. The summed E-state index contributed by atoms with van der Waals surface area (Å²) in [6, 6.07) is 18.6. The van der Waals surface area contributed by atoms with Crippen molar-refractivity contribution in [2.24, 2.45) is 0 Å². The van der Waals surface area contributed by atoms with Crippen LogP contribution in [0.5, 0.6) is 5.75 Å². The topological polar surface area (TPSA) is 75.7 Å². The third-order valence-corrected chi connectivity index (χ3v) is 7.41. The Bertz CT molecular complexity index is 1230. The second kappa shape index (κ2) is 12.3. The molecule has 0 fully saturated rings. The van der Waals surface area contributed by atoms with Gasteiger partial charge in [0.2, 0.25) is 5.91 Å². The van der Waals surface area contributed by atoms with E-state index in [0.29, 0.717) is 5.75 Å². The molecule has 0 unspecified atom stereocenters. The first-order chi connectivity index (χ1) is 16.7. The van der Waals surface area contributed by atoms with Crippen LogP contribution < -0.4 is 14.4 Å². The monoisotopic (exact) mass is 534 g/mol. The molecule has 1 amide bonds. The highest BCUT2D eigenvalue weighted by molar-refractivity contribution is 7.92. The van der Waals surface area contributed by atoms with E-state index < -0.39 is 22.5 Å². The first-order valence-corrected chi connectivity index (χ1v) is 13.4. The van der Waals surface area contributed by atoms with Crippen LogP contribution in [0.15, 0.2) is 71.6 Å². The first-order valence-electron chi connectivity index (χ1n) is 11.2. The molecular formula is C26H28Cl2N2O4S. The fraction of sp³-hybridized carbons (Fsp3) is 0.269. The number of rotatable bonds is 11. The number of carbonyl (C=O) groups excluding carboxylic acids is 1. The van der Waals surface area contributed by atoms with Gasteiger partial charge in [0.15, 0.2) is 0 Å². The lowest BCUT2D eigenvalue weighted by Gasteiger charge is -2.24. The minimum Gasteiger partial charge on any atom is -0.492 e. The highest BCUT2D eigenvalue weighted by atomic mass is 35.5. The molecule has 3 rings (SSSR count). The van der Waals surface area contributed by atoms with E-state index in [0.717, 1.165) is 22.7 Å². The van der Waals surface area contributed by atoms with Crippen LogP contribution in [-0.2, 0) is 21.2 Å². The number of halogens is 2. The summed E-state index contributed by atoms with van der Waals surface area (Å²) in [5, 5.41) is 3.23. The number of benzene rings is 3. The van der Waals surface area contributed by atoms with Crippen LogP contribution >= 0.6 is 23.2 Å². The zero-order valence-electron chi connectivity index (χ0n) is 19.6. The Kier molecular flexibility index (Phi) is 9.43. The molecule has 0 aliphatic heterocycles. The Morgan fingerprint density at radius 2 is 1.60 bits per heavy atom. The Morgan fingerprint density at radius 1 is 0.971 bits per heavy atom. The second-order valence-corrected chi connectivity index (χ2v) is 10.8. The molecule has 9 heteroatoms. The lowest BCUT2D eigenvalue weighted by atomic mass is 10.1. The average Bonchev–Trinajstić information content (AvgIpc) is 2.81. The Balaban J connectivity index is 1.69. The van der Waals surface area contributed by atoms with Crippen molar-refractivity contribution >= 4 is 44.8 Å². The van der Waals surface area contributed by atoms with Crippen molar-refractivity contribution in [1.82, 2.24) is 5.32 Å². The molecule has 0 atom stereocenters. The molecule has 0 aromatic heterocycles. The molecule has 0 aliphatic carbocycles. The highest BCUT2D eigenvalue weighted by Crippen LogP contribution is 2.29. The number of nitrogens with one attached hydrogen (secondary N) is 1. The molecule has 186 valence electrons. The number of hydrogen-bond acceptors (Lipinski definition) is 4. The van der Waals surface area contributed by atoms with Crippen LogP contribution in [0.3, 0.4) is 0 Å². The summed E-state index contributed by atoms with van der Waals surface area (Å²) >= 11 is 12.2. The zero-order chi connectivity index (χ0) is 25.4. The van der Waals surface area contributed by atoms with Crippen LogP contribution in [0.25, 0.3) is 0 Å². The summed E-state index contributed by atoms with van der Waals surface area (Å²) in [4.78, 5) is 12.8. The van der Waals surface area contributed by atoms with E-state index in [9.17, 15) is 13.2 Å². The number of ether oxygens (including phenoxy) is 1. The van der Waals surface area contributed by atoms with Gasteiger partial charge >= 0.3 is 0 Å². The summed E-state index contributed by atoms with van der Waals surface area (Å²) in [5.41, 5.74) is 2.35. The van der Waals surface area contributed by atoms with Crippen molar-refractivity contribution in [3.8, 4) is 5.75 Å². The predicted octanol–water partition coefficient (Wildman–Crippen LogP) is 5.64. The van der Waals surface area contributed by atoms with Crippen LogP contribution in [0.1, 0.15) is 24.5 Å². The maximum Gasteiger partial charge on any atom is 0.264 e. The van der Waals surface area contributed by atoms with Crippen molar-refractivity contribution in [1.29, 1.82) is 0 Å². The van der Waals surface area contributed by atoms with Crippen LogP contribution in [-0.4, -0.2) is 34.0 Å². The van der Waals surface area contributed by atoms with Crippen molar-refractivity contribution in [2.75, 3.05) is 24.0 Å². The molecule has 0 aliphatic rings. The van der Waals surface area contributed by atoms with Crippen LogP contribution in [0, 0.1) is 6.92 Å². The summed E-state index contributed by atoms with van der Waals surface area (Å²) in [6.07, 6.45) is 2.08. The lowest BCUT2D eigenvalue weighted by molar-refractivity contribution is -0.119. The van der Waals surface area contributed by atoms with E-state index >= 15 is 0 Å². The van der Waals surface area contributed by atoms with Crippen molar-refractivity contribution < 1.29 is 17.9 Å². The maximum atomic E-state index is 13.4. The number of anilines is 1. The minimum atomic E-state index is -4.06. The Morgan fingerprint density at radius 3 is 2.20 bits per heavy atom. The van der Waals surface area contributed by atoms with Crippen LogP contribution in [0.2, 0.25) is 10.0 Å². The maximum absolute atomic E-state index is 13.4. The lowest BCUT2D eigenvalue weighted by Crippen LogP contribution is -2.42. The third-order valence-electron chi connectivity index (χ3n) is 5.19. The van der Waals surface area contributed by atoms with Gasteiger partial charge in [-0.15, -0.1) is 0 Å². The standard InChI is InChI=1S/C26H28Cl2N2O4S/c1-3-4-20-7-9-24(10-8-20)34-14-13-29-26(31)18-30(23-16-21(27)15-22(28)17-23)35(32,33)25-11-5-19(2)6-12-25/h5-12,15-17H,3-4,13-14,18H2,1-2H3,(H,29,31). The third kappa shape index (κ3) is 7.62. The summed E-state index contributed by atoms with van der Waals surface area (Å²) < 4.78 is 33.5. The summed E-state index contributed by atoms with van der Waals surface area (Å²) in [6.45, 7) is 4.00. The summed E-state index contributed by atoms with van der Waals surface area (Å²) in [7, 11) is -4.06. The number of hydrogen-bond donors (Lipinski definition) is 1. The highest BCUT2D eigenvalue weighted by Gasteiger charge is 2.27. The quantitative estimate of drug-likeness (QED) is 0.322. The van der Waals surface area contributed by atoms with Gasteiger partial charge in [-0.2, -0.15) is 0 Å². The molecule has 0 saturated carbocycles. The fourth-order valence-electron chi connectivity index (χ4n) is 3.42. The van der Waals surface area contributed by atoms with Gasteiger partial charge in [0, 0.05) is 10.0 Å². The van der Waals surface area contributed by atoms with Crippen LogP contribution in [0.4, 0.5) is 5.69 Å². The molecule has 0 heterocycles. The van der Waals surface area contributed by atoms with Gasteiger partial charge in [0.25, 0.3) is 10.0 Å². The first kappa shape index (κ1) is 26.9. The zero-order valence-corrected chi connectivity index (χ0v) is 22.0. The van der Waals surface area contributed by atoms with E-state index in [1.807, 2.05) is 31.2 Å². The minimum absolute atomic E-state index is 0.0573. The fourth-order valence-corrected chi connectivity index (χ4v) is 5.34. The SMILES string of the molecule is CCCc1ccc(OCCNC(=O)CN(c2cc(Cl)cc(Cl)c2)S(=O)(=O)c2ccc(C)cc2)cc1. The molecule has 0 saturated heterocycles. The molecule has 6 nitrogen and oxygen atoms in total. The number of amides is 1. The Hall–Kier alpha value is -2.74. The van der Waals surface area contributed by atoms with Gasteiger partial charge in [0.1, 0.15) is 18.9 Å². The van der Waals surface area contributed by atoms with E-state index in [4.69, 9.17) is 27.9 Å². The van der Waals surface area contributed by atoms with Crippen molar-refractivity contribution in [2.45, 2.75) is 31.6 Å². The molecule has 1 N–H and O–H groups in total. The molecule has 0 bridgehead atoms. The van der Waals surface area contributed by atoms with Gasteiger partial charge in [-0.3, -0.25) is 9.10 Å². The van der Waals surface area contributed by atoms with Gasteiger partial charge in [-0.1, -0.05) is 66.4 Å². The summed E-state index contributed by atoms with van der Waals surface area (Å²) in [5.74, 6) is 0.218. The van der Waals surface area contributed by atoms with E-state index in [2.05, 4.69) is 12.2 Å². The largest absolute Gasteiger partial charge is 0.492 e. The van der Waals surface area contributed by atoms with Gasteiger partial charge in [-0.25, -0.2) is 8.42 Å². The smallest absolute Gasteiger partial charge is 0.264 e. The number of sulfonamides is 1. The van der Waals surface area contributed by atoms with E-state index in [1.54, 1.807) is 12.1 Å². The predicted molar refractivity (Wildman–Crippen MR) is 141 cm³/mol. The van der Waals surface area contributed by atoms with E-state index in [1.165, 1.54) is 35.9 Å². The Labute approximate surface area is 216 Å². The number of aryl methyl sites for hydroxylation is 2.